The maximum absolute atomic E-state index is 8.67. The monoisotopic (exact) mass is 268 g/mol. The SMILES string of the molecule is CNCc1cc(Br)ccc1OC(C)C#N. The van der Waals surface area contributed by atoms with Crippen LogP contribution in [0.2, 0.25) is 0 Å². The zero-order valence-electron chi connectivity index (χ0n) is 8.75. The molecule has 15 heavy (non-hydrogen) atoms. The molecule has 0 bridgehead atoms. The standard InChI is InChI=1S/C11H13BrN2O/c1-8(6-13)15-11-4-3-10(12)5-9(11)7-14-2/h3-5,8,14H,7H2,1-2H3. The van der Waals surface area contributed by atoms with Crippen LogP contribution in [0.1, 0.15) is 12.5 Å². The molecule has 0 heterocycles. The Kier molecular flexibility index (Phi) is 4.60. The number of halogens is 1. The molecule has 1 aromatic rings. The lowest BCUT2D eigenvalue weighted by molar-refractivity contribution is 0.273. The lowest BCUT2D eigenvalue weighted by Crippen LogP contribution is -2.12. The molecule has 0 radical (unpaired) electrons. The molecule has 1 atom stereocenters. The van der Waals surface area contributed by atoms with Crippen molar-refractivity contribution >= 4 is 15.9 Å². The van der Waals surface area contributed by atoms with Crippen LogP contribution in [0.4, 0.5) is 0 Å². The van der Waals surface area contributed by atoms with Crippen LogP contribution in [-0.4, -0.2) is 13.2 Å². The summed E-state index contributed by atoms with van der Waals surface area (Å²) >= 11 is 3.40. The summed E-state index contributed by atoms with van der Waals surface area (Å²) in [6, 6.07) is 7.79. The zero-order chi connectivity index (χ0) is 11.3. The maximum Gasteiger partial charge on any atom is 0.181 e. The molecule has 1 N–H and O–H groups in total. The van der Waals surface area contributed by atoms with Gasteiger partial charge in [0.2, 0.25) is 0 Å². The molecule has 0 aliphatic carbocycles. The van der Waals surface area contributed by atoms with Gasteiger partial charge in [-0.15, -0.1) is 0 Å². The molecule has 1 unspecified atom stereocenters. The second-order valence-electron chi connectivity index (χ2n) is 3.17. The predicted octanol–water partition coefficient (Wildman–Crippen LogP) is 2.46. The van der Waals surface area contributed by atoms with Gasteiger partial charge in [0.15, 0.2) is 6.10 Å². The van der Waals surface area contributed by atoms with Gasteiger partial charge < -0.3 is 10.1 Å². The molecule has 0 aliphatic heterocycles. The Balaban J connectivity index is 2.91. The first-order chi connectivity index (χ1) is 7.17. The Morgan fingerprint density at radius 2 is 2.33 bits per heavy atom. The van der Waals surface area contributed by atoms with Crippen LogP contribution < -0.4 is 10.1 Å². The van der Waals surface area contributed by atoms with Gasteiger partial charge in [0.1, 0.15) is 11.8 Å². The fraction of sp³-hybridized carbons (Fsp3) is 0.364. The largest absolute Gasteiger partial charge is 0.476 e. The molecule has 0 spiro atoms. The fourth-order valence-corrected chi connectivity index (χ4v) is 1.62. The quantitative estimate of drug-likeness (QED) is 0.913. The van der Waals surface area contributed by atoms with Crippen LogP contribution >= 0.6 is 15.9 Å². The third kappa shape index (κ3) is 3.54. The molecule has 0 saturated heterocycles. The summed E-state index contributed by atoms with van der Waals surface area (Å²) < 4.78 is 6.48. The Morgan fingerprint density at radius 3 is 2.93 bits per heavy atom. The van der Waals surface area contributed by atoms with Crippen molar-refractivity contribution in [3.63, 3.8) is 0 Å². The highest BCUT2D eigenvalue weighted by Crippen LogP contribution is 2.23. The average molecular weight is 269 g/mol. The third-order valence-electron chi connectivity index (χ3n) is 1.88. The first kappa shape index (κ1) is 12.0. The minimum Gasteiger partial charge on any atom is -0.476 e. The van der Waals surface area contributed by atoms with E-state index in [-0.39, 0.29) is 0 Å². The lowest BCUT2D eigenvalue weighted by atomic mass is 10.2. The van der Waals surface area contributed by atoms with E-state index in [0.717, 1.165) is 15.8 Å². The molecule has 1 rings (SSSR count). The molecule has 0 saturated carbocycles. The van der Waals surface area contributed by atoms with Crippen molar-refractivity contribution in [2.75, 3.05) is 7.05 Å². The Bertz CT molecular complexity index is 373. The van der Waals surface area contributed by atoms with Gasteiger partial charge in [-0.25, -0.2) is 0 Å². The number of rotatable bonds is 4. The zero-order valence-corrected chi connectivity index (χ0v) is 10.3. The van der Waals surface area contributed by atoms with Gasteiger partial charge in [0.05, 0.1) is 0 Å². The fourth-order valence-electron chi connectivity index (χ4n) is 1.21. The molecule has 80 valence electrons. The van der Waals surface area contributed by atoms with E-state index in [0.29, 0.717) is 6.54 Å². The van der Waals surface area contributed by atoms with Crippen molar-refractivity contribution in [2.24, 2.45) is 0 Å². The Hall–Kier alpha value is -1.05. The second kappa shape index (κ2) is 5.74. The summed E-state index contributed by atoms with van der Waals surface area (Å²) in [4.78, 5) is 0. The van der Waals surface area contributed by atoms with Gasteiger partial charge in [-0.2, -0.15) is 5.26 Å². The predicted molar refractivity (Wildman–Crippen MR) is 62.6 cm³/mol. The number of hydrogen-bond acceptors (Lipinski definition) is 3. The van der Waals surface area contributed by atoms with Crippen LogP contribution in [0.5, 0.6) is 5.75 Å². The summed E-state index contributed by atoms with van der Waals surface area (Å²) in [5.74, 6) is 0.751. The first-order valence-corrected chi connectivity index (χ1v) is 5.46. The number of nitrogens with one attached hydrogen (secondary N) is 1. The number of hydrogen-bond donors (Lipinski definition) is 1. The highest BCUT2D eigenvalue weighted by atomic mass is 79.9. The molecule has 0 aliphatic rings. The Morgan fingerprint density at radius 1 is 1.60 bits per heavy atom. The normalized spacial score (nSPS) is 11.9. The van der Waals surface area contributed by atoms with Gasteiger partial charge in [0, 0.05) is 16.6 Å². The van der Waals surface area contributed by atoms with Gasteiger partial charge in [-0.05, 0) is 32.2 Å². The highest BCUT2D eigenvalue weighted by Gasteiger charge is 2.07. The van der Waals surface area contributed by atoms with Crippen LogP contribution in [0.25, 0.3) is 0 Å². The van der Waals surface area contributed by atoms with Crippen LogP contribution in [0, 0.1) is 11.3 Å². The molecule has 0 aromatic heterocycles. The summed E-state index contributed by atoms with van der Waals surface area (Å²) in [7, 11) is 1.87. The van der Waals surface area contributed by atoms with E-state index in [4.69, 9.17) is 10.00 Å². The van der Waals surface area contributed by atoms with Gasteiger partial charge in [-0.1, -0.05) is 15.9 Å². The summed E-state index contributed by atoms with van der Waals surface area (Å²) in [5, 5.41) is 11.7. The topological polar surface area (TPSA) is 45.0 Å². The molecule has 1 aromatic carbocycles. The van der Waals surface area contributed by atoms with Crippen molar-refractivity contribution in [3.8, 4) is 11.8 Å². The second-order valence-corrected chi connectivity index (χ2v) is 4.09. The number of ether oxygens (including phenoxy) is 1. The van der Waals surface area contributed by atoms with E-state index in [1.165, 1.54) is 0 Å². The van der Waals surface area contributed by atoms with E-state index in [9.17, 15) is 0 Å². The van der Waals surface area contributed by atoms with Crippen molar-refractivity contribution in [1.82, 2.24) is 5.32 Å². The molecule has 4 heteroatoms. The average Bonchev–Trinajstić information content (AvgIpc) is 2.22. The van der Waals surface area contributed by atoms with Gasteiger partial charge >= 0.3 is 0 Å². The summed E-state index contributed by atoms with van der Waals surface area (Å²) in [6.45, 7) is 2.44. The molecule has 0 fully saturated rings. The minimum atomic E-state index is -0.429. The van der Waals surface area contributed by atoms with Gasteiger partial charge in [-0.3, -0.25) is 0 Å². The molecular weight excluding hydrogens is 256 g/mol. The van der Waals surface area contributed by atoms with Crippen molar-refractivity contribution < 1.29 is 4.74 Å². The maximum atomic E-state index is 8.67. The highest BCUT2D eigenvalue weighted by molar-refractivity contribution is 9.10. The smallest absolute Gasteiger partial charge is 0.181 e. The van der Waals surface area contributed by atoms with Crippen LogP contribution in [0.3, 0.4) is 0 Å². The van der Waals surface area contributed by atoms with Crippen molar-refractivity contribution in [1.29, 1.82) is 5.26 Å². The van der Waals surface area contributed by atoms with E-state index >= 15 is 0 Å². The third-order valence-corrected chi connectivity index (χ3v) is 2.37. The van der Waals surface area contributed by atoms with Crippen LogP contribution in [0.15, 0.2) is 22.7 Å². The van der Waals surface area contributed by atoms with Crippen LogP contribution in [-0.2, 0) is 6.54 Å². The number of nitriles is 1. The summed E-state index contributed by atoms with van der Waals surface area (Å²) in [5.41, 5.74) is 1.04. The molecule has 3 nitrogen and oxygen atoms in total. The minimum absolute atomic E-state index is 0.429. The van der Waals surface area contributed by atoms with E-state index < -0.39 is 6.10 Å². The van der Waals surface area contributed by atoms with Gasteiger partial charge in [0.25, 0.3) is 0 Å². The lowest BCUT2D eigenvalue weighted by Gasteiger charge is -2.12. The van der Waals surface area contributed by atoms with E-state index in [1.807, 2.05) is 31.3 Å². The van der Waals surface area contributed by atoms with Crippen molar-refractivity contribution in [3.05, 3.63) is 28.2 Å². The number of benzene rings is 1. The Labute approximate surface area is 98.2 Å². The molecule has 0 amide bonds. The first-order valence-electron chi connectivity index (χ1n) is 4.66. The number of nitrogens with zero attached hydrogens (tertiary/aromatic N) is 1. The summed E-state index contributed by atoms with van der Waals surface area (Å²) in [6.07, 6.45) is -0.429. The van der Waals surface area contributed by atoms with E-state index in [2.05, 4.69) is 21.2 Å². The molecular formula is C11H13BrN2O. The van der Waals surface area contributed by atoms with Crippen molar-refractivity contribution in [2.45, 2.75) is 19.6 Å². The van der Waals surface area contributed by atoms with E-state index in [1.54, 1.807) is 6.92 Å².